The summed E-state index contributed by atoms with van der Waals surface area (Å²) in [6.07, 6.45) is 2.81. The molecular formula is C20H27N3O5S2. The van der Waals surface area contributed by atoms with Crippen LogP contribution in [-0.2, 0) is 26.0 Å². The van der Waals surface area contributed by atoms with Gasteiger partial charge < -0.3 is 14.2 Å². The van der Waals surface area contributed by atoms with Gasteiger partial charge in [-0.1, -0.05) is 11.3 Å². The largest absolute Gasteiger partial charge is 0.494 e. The number of amides is 2. The van der Waals surface area contributed by atoms with Crippen molar-refractivity contribution in [2.24, 2.45) is 4.99 Å². The molecule has 1 saturated heterocycles. The number of fused-ring (bicyclic) bond motifs is 1. The molecule has 30 heavy (non-hydrogen) atoms. The van der Waals surface area contributed by atoms with Gasteiger partial charge in [0.15, 0.2) is 14.6 Å². The van der Waals surface area contributed by atoms with Crippen LogP contribution in [-0.4, -0.2) is 60.9 Å². The number of carbonyl (C=O) groups is 2. The monoisotopic (exact) mass is 453 g/mol. The van der Waals surface area contributed by atoms with Crippen LogP contribution in [0.3, 0.4) is 0 Å². The number of likely N-dealkylation sites (tertiary alicyclic amines) is 1. The summed E-state index contributed by atoms with van der Waals surface area (Å²) in [5, 5.41) is 0. The van der Waals surface area contributed by atoms with Crippen LogP contribution in [0.1, 0.15) is 33.1 Å². The van der Waals surface area contributed by atoms with Gasteiger partial charge in [0.2, 0.25) is 5.91 Å². The summed E-state index contributed by atoms with van der Waals surface area (Å²) in [5.74, 6) is -1.89. The lowest BCUT2D eigenvalue weighted by molar-refractivity contribution is -0.129. The number of nitrogens with zero attached hydrogens (tertiary/aromatic N) is 3. The SMILES string of the molecule is CCOc1ccc2c(c1)sc(=NC(=O)CS(=O)(=O)CC(=O)N1CCCCC1)n2CC. The highest BCUT2D eigenvalue weighted by Gasteiger charge is 2.25. The number of hydrogen-bond acceptors (Lipinski definition) is 6. The van der Waals surface area contributed by atoms with Crippen LogP contribution in [0.25, 0.3) is 10.2 Å². The maximum absolute atomic E-state index is 12.4. The fourth-order valence-electron chi connectivity index (χ4n) is 3.50. The minimum absolute atomic E-state index is 0.434. The molecule has 0 spiro atoms. The van der Waals surface area contributed by atoms with Crippen molar-refractivity contribution in [3.05, 3.63) is 23.0 Å². The molecule has 0 bridgehead atoms. The molecule has 1 aromatic carbocycles. The van der Waals surface area contributed by atoms with Crippen LogP contribution in [0.15, 0.2) is 23.2 Å². The van der Waals surface area contributed by atoms with Crippen molar-refractivity contribution in [2.75, 3.05) is 31.2 Å². The Morgan fingerprint density at radius 1 is 1.13 bits per heavy atom. The predicted octanol–water partition coefficient (Wildman–Crippen LogP) is 1.98. The zero-order valence-corrected chi connectivity index (χ0v) is 18.9. The highest BCUT2D eigenvalue weighted by Crippen LogP contribution is 2.23. The van der Waals surface area contributed by atoms with Gasteiger partial charge in [-0.3, -0.25) is 9.59 Å². The van der Waals surface area contributed by atoms with E-state index in [0.29, 0.717) is 31.0 Å². The third kappa shape index (κ3) is 5.48. The Balaban J connectivity index is 1.77. The van der Waals surface area contributed by atoms with Crippen molar-refractivity contribution in [1.29, 1.82) is 0 Å². The fourth-order valence-corrected chi connectivity index (χ4v) is 5.74. The number of sulfone groups is 1. The Kier molecular flexibility index (Phi) is 7.30. The average molecular weight is 454 g/mol. The lowest BCUT2D eigenvalue weighted by Gasteiger charge is -2.26. The summed E-state index contributed by atoms with van der Waals surface area (Å²) in [6.45, 7) is 6.12. The normalized spacial score (nSPS) is 15.5. The van der Waals surface area contributed by atoms with Crippen LogP contribution < -0.4 is 9.54 Å². The molecule has 0 saturated carbocycles. The predicted molar refractivity (Wildman–Crippen MR) is 116 cm³/mol. The van der Waals surface area contributed by atoms with E-state index in [2.05, 4.69) is 4.99 Å². The number of thiazole rings is 1. The first-order valence-corrected chi connectivity index (χ1v) is 12.8. The van der Waals surface area contributed by atoms with E-state index < -0.39 is 33.2 Å². The van der Waals surface area contributed by atoms with Crippen molar-refractivity contribution in [3.63, 3.8) is 0 Å². The van der Waals surface area contributed by atoms with Gasteiger partial charge >= 0.3 is 0 Å². The smallest absolute Gasteiger partial charge is 0.263 e. The maximum atomic E-state index is 12.4. The molecule has 2 amide bonds. The molecule has 164 valence electrons. The highest BCUT2D eigenvalue weighted by atomic mass is 32.2. The Morgan fingerprint density at radius 2 is 1.87 bits per heavy atom. The van der Waals surface area contributed by atoms with Gasteiger partial charge in [0.1, 0.15) is 17.3 Å². The van der Waals surface area contributed by atoms with E-state index in [1.165, 1.54) is 11.3 Å². The quantitative estimate of drug-likeness (QED) is 0.638. The lowest BCUT2D eigenvalue weighted by Crippen LogP contribution is -2.40. The number of benzene rings is 1. The molecule has 0 atom stereocenters. The van der Waals surface area contributed by atoms with Crippen LogP contribution in [0, 0.1) is 0 Å². The van der Waals surface area contributed by atoms with Crippen molar-refractivity contribution < 1.29 is 22.7 Å². The first-order valence-electron chi connectivity index (χ1n) is 10.1. The second-order valence-electron chi connectivity index (χ2n) is 7.17. The van der Waals surface area contributed by atoms with Gasteiger partial charge in [-0.15, -0.1) is 0 Å². The van der Waals surface area contributed by atoms with Gasteiger partial charge in [0, 0.05) is 19.6 Å². The lowest BCUT2D eigenvalue weighted by atomic mass is 10.1. The van der Waals surface area contributed by atoms with Crippen LogP contribution >= 0.6 is 11.3 Å². The first kappa shape index (κ1) is 22.5. The zero-order valence-electron chi connectivity index (χ0n) is 17.3. The van der Waals surface area contributed by atoms with Gasteiger partial charge in [0.05, 0.1) is 16.8 Å². The molecule has 8 nitrogen and oxygen atoms in total. The van der Waals surface area contributed by atoms with E-state index in [1.807, 2.05) is 36.6 Å². The summed E-state index contributed by atoms with van der Waals surface area (Å²) in [4.78, 5) is 30.7. The molecule has 10 heteroatoms. The first-order chi connectivity index (χ1) is 14.3. The summed E-state index contributed by atoms with van der Waals surface area (Å²) in [6, 6.07) is 5.64. The molecule has 0 radical (unpaired) electrons. The second kappa shape index (κ2) is 9.74. The Hall–Kier alpha value is -2.20. The minimum atomic E-state index is -3.87. The number of piperidine rings is 1. The maximum Gasteiger partial charge on any atom is 0.263 e. The van der Waals surface area contributed by atoms with E-state index in [-0.39, 0.29) is 0 Å². The van der Waals surface area contributed by atoms with E-state index in [0.717, 1.165) is 35.2 Å². The summed E-state index contributed by atoms with van der Waals surface area (Å²) < 4.78 is 33.0. The molecule has 2 heterocycles. The molecular weight excluding hydrogens is 426 g/mol. The van der Waals surface area contributed by atoms with E-state index in [1.54, 1.807) is 4.90 Å². The van der Waals surface area contributed by atoms with Crippen molar-refractivity contribution in [2.45, 2.75) is 39.7 Å². The summed E-state index contributed by atoms with van der Waals surface area (Å²) >= 11 is 1.30. The number of ether oxygens (including phenoxy) is 1. The Bertz CT molecular complexity index is 1100. The molecule has 2 aromatic rings. The molecule has 0 unspecified atom stereocenters. The highest BCUT2D eigenvalue weighted by molar-refractivity contribution is 7.92. The standard InChI is InChI=1S/C20H27N3O5S2/c1-3-23-16-9-8-15(28-4-2)12-17(16)29-20(23)21-18(24)13-30(26,27)14-19(25)22-10-6-5-7-11-22/h8-9,12H,3-7,10-11,13-14H2,1-2H3. The topological polar surface area (TPSA) is 98.0 Å². The molecule has 0 N–H and O–H groups in total. The van der Waals surface area contributed by atoms with Crippen molar-refractivity contribution >= 4 is 43.2 Å². The molecule has 1 aliphatic rings. The molecule has 1 aliphatic heterocycles. The molecule has 1 aromatic heterocycles. The van der Waals surface area contributed by atoms with Gasteiger partial charge in [-0.25, -0.2) is 8.42 Å². The van der Waals surface area contributed by atoms with Crippen LogP contribution in [0.5, 0.6) is 5.75 Å². The Morgan fingerprint density at radius 3 is 2.53 bits per heavy atom. The van der Waals surface area contributed by atoms with Gasteiger partial charge in [-0.2, -0.15) is 4.99 Å². The molecule has 3 rings (SSSR count). The van der Waals surface area contributed by atoms with Crippen molar-refractivity contribution in [3.8, 4) is 5.75 Å². The number of aryl methyl sites for hydroxylation is 1. The molecule has 1 fully saturated rings. The minimum Gasteiger partial charge on any atom is -0.494 e. The fraction of sp³-hybridized carbons (Fsp3) is 0.550. The van der Waals surface area contributed by atoms with E-state index in [4.69, 9.17) is 4.74 Å². The van der Waals surface area contributed by atoms with Crippen LogP contribution in [0.4, 0.5) is 0 Å². The summed E-state index contributed by atoms with van der Waals surface area (Å²) in [7, 11) is -3.87. The number of hydrogen-bond donors (Lipinski definition) is 0. The van der Waals surface area contributed by atoms with Gasteiger partial charge in [0.25, 0.3) is 5.91 Å². The number of aromatic nitrogens is 1. The second-order valence-corrected chi connectivity index (χ2v) is 10.2. The number of carbonyl (C=O) groups excluding carboxylic acids is 2. The van der Waals surface area contributed by atoms with E-state index in [9.17, 15) is 18.0 Å². The average Bonchev–Trinajstić information content (AvgIpc) is 3.03. The zero-order chi connectivity index (χ0) is 21.7. The number of rotatable bonds is 7. The molecule has 0 aliphatic carbocycles. The van der Waals surface area contributed by atoms with E-state index >= 15 is 0 Å². The van der Waals surface area contributed by atoms with Crippen LogP contribution in [0.2, 0.25) is 0 Å². The third-order valence-electron chi connectivity index (χ3n) is 4.90. The Labute approximate surface area is 180 Å². The summed E-state index contributed by atoms with van der Waals surface area (Å²) in [5.41, 5.74) is 0.903. The third-order valence-corrected chi connectivity index (χ3v) is 7.31. The van der Waals surface area contributed by atoms with Crippen molar-refractivity contribution in [1.82, 2.24) is 9.47 Å². The van der Waals surface area contributed by atoms with Gasteiger partial charge in [-0.05, 0) is 51.3 Å².